The second-order valence-corrected chi connectivity index (χ2v) is 18.0. The summed E-state index contributed by atoms with van der Waals surface area (Å²) in [6.45, 7) is 0.875. The third-order valence-electron chi connectivity index (χ3n) is 8.99. The number of carbonyl (C=O) groups excluding carboxylic acids is 1. The number of nitrogen functional groups attached to an aromatic ring is 2. The molecule has 0 bridgehead atoms. The Morgan fingerprint density at radius 1 is 0.767 bits per heavy atom. The summed E-state index contributed by atoms with van der Waals surface area (Å²) in [7, 11) is -7.43. The molecule has 0 spiro atoms. The second-order valence-electron chi connectivity index (χ2n) is 14.2. The van der Waals surface area contributed by atoms with Gasteiger partial charge in [-0.25, -0.2) is 26.8 Å². The van der Waals surface area contributed by atoms with Crippen LogP contribution >= 0.6 is 11.6 Å². The molecule has 0 aliphatic heterocycles. The number of aliphatic hydroxyl groups excluding tert-OH is 2. The highest BCUT2D eigenvalue weighted by atomic mass is 35.5. The van der Waals surface area contributed by atoms with Gasteiger partial charge in [0.05, 0.1) is 36.1 Å². The molecule has 2 atom stereocenters. The molecular formula is C38H51ClN10O9S2. The normalized spacial score (nSPS) is 13.2. The smallest absolute Gasteiger partial charge is 0.280 e. The van der Waals surface area contributed by atoms with E-state index in [4.69, 9.17) is 28.8 Å². The number of nitrogens with one attached hydrogen (secondary N) is 3. The number of nitrogens with two attached hydrogens (primary N) is 3. The molecule has 1 amide bonds. The van der Waals surface area contributed by atoms with Gasteiger partial charge in [0.25, 0.3) is 5.91 Å². The molecule has 2 unspecified atom stereocenters. The van der Waals surface area contributed by atoms with Crippen LogP contribution in [0.3, 0.4) is 0 Å². The first kappa shape index (κ1) is 47.2. The Morgan fingerprint density at radius 3 is 1.73 bits per heavy atom. The van der Waals surface area contributed by atoms with Gasteiger partial charge >= 0.3 is 0 Å². The van der Waals surface area contributed by atoms with Gasteiger partial charge < -0.3 is 37.6 Å². The number of aliphatic imine (C=N–C) groups is 1. The van der Waals surface area contributed by atoms with E-state index in [1.54, 1.807) is 0 Å². The number of carbonyl (C=O) groups is 1. The number of phenolic OH excluding ortho intramolecular Hbond substituents is 2. The van der Waals surface area contributed by atoms with Gasteiger partial charge in [0, 0.05) is 19.6 Å². The van der Waals surface area contributed by atoms with Crippen LogP contribution in [0.5, 0.6) is 11.5 Å². The van der Waals surface area contributed by atoms with E-state index in [1.165, 1.54) is 36.4 Å². The van der Waals surface area contributed by atoms with Crippen LogP contribution in [0.2, 0.25) is 5.15 Å². The van der Waals surface area contributed by atoms with Crippen molar-refractivity contribution in [3.8, 4) is 11.5 Å². The Bertz CT molecular complexity index is 2280. The topological polar surface area (TPSA) is 322 Å². The Kier molecular flexibility index (Phi) is 16.7. The SMILES string of the molecule is CS(=O)(=O)Nc1cc(C(O)CN(CCCCc2ccc(CCCCN=C(N)NC(=O)c3nc(Cl)c(N)nc3N)cc2)CC(O)c2ccc(O)c(NS(C)(=O)=O)c2)ccc1O. The number of hydrogen-bond acceptors (Lipinski definition) is 15. The summed E-state index contributed by atoms with van der Waals surface area (Å²) >= 11 is 5.83. The van der Waals surface area contributed by atoms with Crippen molar-refractivity contribution in [3.63, 3.8) is 0 Å². The number of benzene rings is 3. The Hall–Kier alpha value is -5.45. The van der Waals surface area contributed by atoms with Gasteiger partial charge in [-0.05, 0) is 91.6 Å². The summed E-state index contributed by atoms with van der Waals surface area (Å²) < 4.78 is 51.7. The lowest BCUT2D eigenvalue weighted by atomic mass is 10.0. The molecule has 60 heavy (non-hydrogen) atoms. The average molecular weight is 891 g/mol. The van der Waals surface area contributed by atoms with E-state index in [1.807, 2.05) is 4.90 Å². The fourth-order valence-corrected chi connectivity index (χ4v) is 7.30. The lowest BCUT2D eigenvalue weighted by molar-refractivity contribution is 0.0679. The van der Waals surface area contributed by atoms with Crippen molar-refractivity contribution in [2.24, 2.45) is 10.7 Å². The summed E-state index contributed by atoms with van der Waals surface area (Å²) in [5, 5.41) is 45.1. The van der Waals surface area contributed by atoms with Crippen molar-refractivity contribution < 1.29 is 42.1 Å². The fraction of sp³-hybridized carbons (Fsp3) is 0.368. The highest BCUT2D eigenvalue weighted by Crippen LogP contribution is 2.31. The third-order valence-corrected chi connectivity index (χ3v) is 10.5. The summed E-state index contributed by atoms with van der Waals surface area (Å²) in [4.78, 5) is 26.0. The molecule has 22 heteroatoms. The number of phenols is 2. The van der Waals surface area contributed by atoms with Crippen molar-refractivity contribution in [3.05, 3.63) is 93.8 Å². The van der Waals surface area contributed by atoms with E-state index >= 15 is 0 Å². The number of aryl methyl sites for hydroxylation is 2. The van der Waals surface area contributed by atoms with Crippen LogP contribution in [0.1, 0.15) is 70.6 Å². The van der Waals surface area contributed by atoms with E-state index < -0.39 is 38.2 Å². The number of aromatic nitrogens is 2. The van der Waals surface area contributed by atoms with E-state index in [0.29, 0.717) is 37.1 Å². The number of guanidine groups is 1. The van der Waals surface area contributed by atoms with Gasteiger partial charge in [-0.2, -0.15) is 0 Å². The molecular weight excluding hydrogens is 840 g/mol. The maximum absolute atomic E-state index is 12.4. The maximum atomic E-state index is 12.4. The molecule has 0 fully saturated rings. The van der Waals surface area contributed by atoms with Gasteiger partial charge in [-0.3, -0.25) is 29.4 Å². The van der Waals surface area contributed by atoms with Crippen LogP contribution in [-0.2, 0) is 32.9 Å². The number of sulfonamides is 2. The minimum atomic E-state index is -3.72. The molecule has 326 valence electrons. The predicted molar refractivity (Wildman–Crippen MR) is 232 cm³/mol. The van der Waals surface area contributed by atoms with Gasteiger partial charge in [-0.15, -0.1) is 0 Å². The first-order valence-electron chi connectivity index (χ1n) is 18.6. The van der Waals surface area contributed by atoms with Crippen LogP contribution in [0, 0.1) is 0 Å². The zero-order valence-electron chi connectivity index (χ0n) is 33.0. The third kappa shape index (κ3) is 15.3. The van der Waals surface area contributed by atoms with Crippen molar-refractivity contribution >= 4 is 66.5 Å². The molecule has 0 radical (unpaired) electrons. The lowest BCUT2D eigenvalue weighted by Crippen LogP contribution is -2.38. The summed E-state index contributed by atoms with van der Waals surface area (Å²) in [5.41, 5.74) is 19.6. The van der Waals surface area contributed by atoms with E-state index in [-0.39, 0.29) is 64.4 Å². The molecule has 3 aromatic carbocycles. The number of anilines is 4. The van der Waals surface area contributed by atoms with E-state index in [2.05, 4.69) is 54.0 Å². The highest BCUT2D eigenvalue weighted by Gasteiger charge is 2.21. The van der Waals surface area contributed by atoms with Crippen LogP contribution in [0.4, 0.5) is 23.0 Å². The molecule has 13 N–H and O–H groups in total. The number of amides is 1. The van der Waals surface area contributed by atoms with Crippen LogP contribution < -0.4 is 32.0 Å². The van der Waals surface area contributed by atoms with Crippen LogP contribution in [0.25, 0.3) is 0 Å². The maximum Gasteiger partial charge on any atom is 0.280 e. The molecule has 1 aromatic heterocycles. The van der Waals surface area contributed by atoms with Crippen molar-refractivity contribution in [2.75, 3.05) is 59.6 Å². The van der Waals surface area contributed by atoms with Crippen molar-refractivity contribution in [1.29, 1.82) is 0 Å². The Balaban J connectivity index is 1.31. The van der Waals surface area contributed by atoms with Crippen LogP contribution in [-0.4, -0.2) is 103 Å². The first-order valence-corrected chi connectivity index (χ1v) is 22.8. The zero-order chi connectivity index (χ0) is 44.2. The molecule has 19 nitrogen and oxygen atoms in total. The minimum Gasteiger partial charge on any atom is -0.506 e. The summed E-state index contributed by atoms with van der Waals surface area (Å²) in [6, 6.07) is 16.4. The first-order chi connectivity index (χ1) is 28.2. The second kappa shape index (κ2) is 21.2. The van der Waals surface area contributed by atoms with Gasteiger partial charge in [0.2, 0.25) is 20.0 Å². The summed E-state index contributed by atoms with van der Waals surface area (Å²) in [6.07, 6.45) is 4.13. The molecule has 0 aliphatic rings. The largest absolute Gasteiger partial charge is 0.506 e. The zero-order valence-corrected chi connectivity index (χ0v) is 35.4. The standard InChI is InChI=1S/C38H51ClN10O9S2/c1-59(55,56)47-27-19-25(13-15-29(27)50)31(52)21-49(22-32(53)26-14-16-30(51)28(20-26)48-60(2,57)58)18-6-4-8-24-11-9-23(10-12-24)7-3-5-17-43-38(42)46-37(54)33-35(40)45-36(41)34(39)44-33/h9-16,19-20,31-32,47-48,50-53H,3-8,17-18,21-22H2,1-2H3,(H4,40,41,45)(H3,42,43,46,54). The van der Waals surface area contributed by atoms with E-state index in [0.717, 1.165) is 49.3 Å². The molecule has 1 heterocycles. The number of aromatic hydroxyl groups is 2. The number of unbranched alkanes of at least 4 members (excludes halogenated alkanes) is 2. The fourth-order valence-electron chi connectivity index (χ4n) is 6.04. The highest BCUT2D eigenvalue weighted by molar-refractivity contribution is 7.92. The molecule has 0 saturated carbocycles. The number of nitrogens with zero attached hydrogens (tertiary/aromatic N) is 4. The number of aliphatic hydroxyl groups is 2. The van der Waals surface area contributed by atoms with Gasteiger partial charge in [-0.1, -0.05) is 48.0 Å². The molecule has 0 saturated heterocycles. The number of halogens is 1. The average Bonchev–Trinajstić information content (AvgIpc) is 3.15. The minimum absolute atomic E-state index is 0.0250. The Labute approximate surface area is 353 Å². The molecule has 0 aliphatic carbocycles. The number of hydrogen-bond donors (Lipinski definition) is 10. The molecule has 4 rings (SSSR count). The van der Waals surface area contributed by atoms with Crippen molar-refractivity contribution in [1.82, 2.24) is 20.2 Å². The number of rotatable bonds is 21. The van der Waals surface area contributed by atoms with Gasteiger partial charge in [0.1, 0.15) is 11.5 Å². The quantitative estimate of drug-likeness (QED) is 0.0249. The predicted octanol–water partition coefficient (Wildman–Crippen LogP) is 2.61. The lowest BCUT2D eigenvalue weighted by Gasteiger charge is -2.28. The Morgan fingerprint density at radius 2 is 1.25 bits per heavy atom. The van der Waals surface area contributed by atoms with Crippen LogP contribution in [0.15, 0.2) is 65.7 Å². The van der Waals surface area contributed by atoms with E-state index in [9.17, 15) is 42.1 Å². The van der Waals surface area contributed by atoms with Crippen molar-refractivity contribution in [2.45, 2.75) is 50.7 Å². The molecule has 4 aromatic rings. The monoisotopic (exact) mass is 890 g/mol. The summed E-state index contributed by atoms with van der Waals surface area (Å²) in [5.74, 6) is -1.73. The van der Waals surface area contributed by atoms with Gasteiger partial charge in [0.15, 0.2) is 28.4 Å².